The molecule has 0 aliphatic heterocycles. The minimum Gasteiger partial charge on any atom is -0.258 e. The Bertz CT molecular complexity index is 301. The van der Waals surface area contributed by atoms with Crippen molar-refractivity contribution < 1.29 is 4.92 Å². The van der Waals surface area contributed by atoms with Gasteiger partial charge in [0.15, 0.2) is 0 Å². The molecule has 3 nitrogen and oxygen atoms in total. The molecule has 0 aliphatic carbocycles. The fraction of sp³-hybridized carbons (Fsp3) is 0.333. The number of nitro groups is 1. The van der Waals surface area contributed by atoms with Gasteiger partial charge in [0, 0.05) is 12.1 Å². The van der Waals surface area contributed by atoms with Gasteiger partial charge in [0.05, 0.1) is 4.92 Å². The molecule has 0 radical (unpaired) electrons. The minimum absolute atomic E-state index is 0.164. The molecule has 0 atom stereocenters. The number of nitrogens with zero attached hydrogens (tertiary/aromatic N) is 1. The summed E-state index contributed by atoms with van der Waals surface area (Å²) in [5.41, 5.74) is 1.17. The summed E-state index contributed by atoms with van der Waals surface area (Å²) >= 11 is 4.08. The highest BCUT2D eigenvalue weighted by Crippen LogP contribution is 2.14. The van der Waals surface area contributed by atoms with Crippen LogP contribution in [0.4, 0.5) is 5.69 Å². The molecule has 70 valence electrons. The molecule has 0 fully saturated rings. The Morgan fingerprint density at radius 2 is 2.23 bits per heavy atom. The predicted octanol–water partition coefficient (Wildman–Crippen LogP) is 2.46. The van der Waals surface area contributed by atoms with Crippen LogP contribution in [-0.2, 0) is 6.42 Å². The van der Waals surface area contributed by atoms with Crippen molar-refractivity contribution in [3.8, 4) is 0 Å². The first kappa shape index (κ1) is 10.1. The Morgan fingerprint density at radius 3 is 2.85 bits per heavy atom. The van der Waals surface area contributed by atoms with E-state index >= 15 is 0 Å². The van der Waals surface area contributed by atoms with E-state index in [0.29, 0.717) is 0 Å². The molecule has 0 bridgehead atoms. The second-order valence-electron chi connectivity index (χ2n) is 2.75. The number of hydrogen-bond donors (Lipinski definition) is 1. The van der Waals surface area contributed by atoms with Gasteiger partial charge in [-0.15, -0.1) is 0 Å². The number of aryl methyl sites for hydroxylation is 1. The van der Waals surface area contributed by atoms with E-state index in [1.165, 1.54) is 6.07 Å². The molecule has 0 amide bonds. The highest BCUT2D eigenvalue weighted by Gasteiger charge is 2.04. The highest BCUT2D eigenvalue weighted by molar-refractivity contribution is 7.80. The van der Waals surface area contributed by atoms with Crippen LogP contribution in [0.2, 0.25) is 0 Å². The summed E-state index contributed by atoms with van der Waals surface area (Å²) in [7, 11) is 0. The molecule has 1 rings (SSSR count). The van der Waals surface area contributed by atoms with Crippen LogP contribution >= 0.6 is 12.6 Å². The van der Waals surface area contributed by atoms with E-state index in [-0.39, 0.29) is 10.6 Å². The van der Waals surface area contributed by atoms with Crippen molar-refractivity contribution in [3.05, 3.63) is 39.9 Å². The lowest BCUT2D eigenvalue weighted by Gasteiger charge is -1.98. The van der Waals surface area contributed by atoms with Gasteiger partial charge in [-0.05, 0) is 24.2 Å². The van der Waals surface area contributed by atoms with Crippen LogP contribution in [0.5, 0.6) is 0 Å². The van der Waals surface area contributed by atoms with E-state index in [2.05, 4.69) is 12.6 Å². The summed E-state index contributed by atoms with van der Waals surface area (Å²) in [6.45, 7) is 0. The minimum atomic E-state index is -0.371. The van der Waals surface area contributed by atoms with E-state index < -0.39 is 0 Å². The Labute approximate surface area is 82.3 Å². The van der Waals surface area contributed by atoms with Gasteiger partial charge in [0.25, 0.3) is 5.69 Å². The number of nitro benzene ring substituents is 1. The highest BCUT2D eigenvalue weighted by atomic mass is 32.1. The van der Waals surface area contributed by atoms with Gasteiger partial charge < -0.3 is 0 Å². The van der Waals surface area contributed by atoms with Crippen LogP contribution < -0.4 is 0 Å². The summed E-state index contributed by atoms with van der Waals surface area (Å²) in [6.07, 6.45) is 1.80. The molecule has 1 aromatic rings. The molecule has 0 aromatic heterocycles. The Hall–Kier alpha value is -1.03. The van der Waals surface area contributed by atoms with Crippen molar-refractivity contribution in [2.24, 2.45) is 0 Å². The largest absolute Gasteiger partial charge is 0.269 e. The van der Waals surface area contributed by atoms with Crippen LogP contribution in [-0.4, -0.2) is 10.7 Å². The molecule has 0 saturated heterocycles. The third-order valence-corrected chi connectivity index (χ3v) is 2.06. The second kappa shape index (κ2) is 4.87. The molecule has 0 spiro atoms. The van der Waals surface area contributed by atoms with Gasteiger partial charge in [-0.2, -0.15) is 12.6 Å². The van der Waals surface area contributed by atoms with Crippen LogP contribution in [0.3, 0.4) is 0 Å². The summed E-state index contributed by atoms with van der Waals surface area (Å²) in [5.74, 6) is 0.808. The normalized spacial score (nSPS) is 9.92. The van der Waals surface area contributed by atoms with Crippen LogP contribution in [0.25, 0.3) is 0 Å². The summed E-state index contributed by atoms with van der Waals surface area (Å²) < 4.78 is 0. The van der Waals surface area contributed by atoms with Crippen molar-refractivity contribution in [2.75, 3.05) is 5.75 Å². The van der Waals surface area contributed by atoms with Gasteiger partial charge in [-0.25, -0.2) is 0 Å². The maximum atomic E-state index is 10.4. The molecule has 0 N–H and O–H groups in total. The Kier molecular flexibility index (Phi) is 3.76. The first-order valence-corrected chi connectivity index (χ1v) is 4.71. The third-order valence-electron chi connectivity index (χ3n) is 1.74. The molecule has 0 aliphatic rings. The lowest BCUT2D eigenvalue weighted by molar-refractivity contribution is -0.384. The lowest BCUT2D eigenvalue weighted by Crippen LogP contribution is -1.91. The standard InChI is InChI=1S/C9H11NO2S/c11-10(12)9-5-1-3-8(7-9)4-2-6-13/h1,3,5,7,13H,2,4,6H2. The van der Waals surface area contributed by atoms with E-state index in [1.807, 2.05) is 6.07 Å². The van der Waals surface area contributed by atoms with Crippen molar-refractivity contribution in [3.63, 3.8) is 0 Å². The average Bonchev–Trinajstić information content (AvgIpc) is 2.15. The number of thiol groups is 1. The molecule has 0 heterocycles. The average molecular weight is 197 g/mol. The summed E-state index contributed by atoms with van der Waals surface area (Å²) in [5, 5.41) is 10.4. The maximum Gasteiger partial charge on any atom is 0.269 e. The zero-order valence-electron chi connectivity index (χ0n) is 7.14. The van der Waals surface area contributed by atoms with E-state index in [1.54, 1.807) is 12.1 Å². The van der Waals surface area contributed by atoms with Gasteiger partial charge in [0.2, 0.25) is 0 Å². The predicted molar refractivity (Wildman–Crippen MR) is 55.3 cm³/mol. The fourth-order valence-electron chi connectivity index (χ4n) is 1.11. The summed E-state index contributed by atoms with van der Waals surface area (Å²) in [6, 6.07) is 6.73. The van der Waals surface area contributed by atoms with Crippen molar-refractivity contribution >= 4 is 18.3 Å². The number of non-ortho nitro benzene ring substituents is 1. The smallest absolute Gasteiger partial charge is 0.258 e. The number of benzene rings is 1. The van der Waals surface area contributed by atoms with Gasteiger partial charge in [-0.3, -0.25) is 10.1 Å². The van der Waals surface area contributed by atoms with E-state index in [4.69, 9.17) is 0 Å². The molecular weight excluding hydrogens is 186 g/mol. The van der Waals surface area contributed by atoms with Gasteiger partial charge in [0.1, 0.15) is 0 Å². The first-order chi connectivity index (χ1) is 6.24. The Morgan fingerprint density at radius 1 is 1.46 bits per heavy atom. The number of rotatable bonds is 4. The second-order valence-corrected chi connectivity index (χ2v) is 3.20. The van der Waals surface area contributed by atoms with Crippen LogP contribution in [0.1, 0.15) is 12.0 Å². The van der Waals surface area contributed by atoms with Gasteiger partial charge in [-0.1, -0.05) is 12.1 Å². The van der Waals surface area contributed by atoms with E-state index in [9.17, 15) is 10.1 Å². The molecule has 0 unspecified atom stereocenters. The van der Waals surface area contributed by atoms with Crippen LogP contribution in [0.15, 0.2) is 24.3 Å². The van der Waals surface area contributed by atoms with Crippen molar-refractivity contribution in [1.82, 2.24) is 0 Å². The zero-order valence-corrected chi connectivity index (χ0v) is 8.04. The topological polar surface area (TPSA) is 43.1 Å². The third kappa shape index (κ3) is 3.06. The molecule has 0 saturated carbocycles. The SMILES string of the molecule is O=[N+]([O-])c1cccc(CCCS)c1. The molecular formula is C9H11NO2S. The van der Waals surface area contributed by atoms with E-state index in [0.717, 1.165) is 24.2 Å². The quantitative estimate of drug-likeness (QED) is 0.457. The number of hydrogen-bond acceptors (Lipinski definition) is 3. The maximum absolute atomic E-state index is 10.4. The summed E-state index contributed by atoms with van der Waals surface area (Å²) in [4.78, 5) is 10.0. The molecule has 13 heavy (non-hydrogen) atoms. The van der Waals surface area contributed by atoms with Crippen LogP contribution in [0, 0.1) is 10.1 Å². The Balaban J connectivity index is 2.73. The fourth-order valence-corrected chi connectivity index (χ4v) is 1.27. The van der Waals surface area contributed by atoms with Crippen molar-refractivity contribution in [2.45, 2.75) is 12.8 Å². The zero-order chi connectivity index (χ0) is 9.68. The molecule has 4 heteroatoms. The van der Waals surface area contributed by atoms with Gasteiger partial charge >= 0.3 is 0 Å². The first-order valence-electron chi connectivity index (χ1n) is 4.08. The van der Waals surface area contributed by atoms with Crippen molar-refractivity contribution in [1.29, 1.82) is 0 Å². The monoisotopic (exact) mass is 197 g/mol. The lowest BCUT2D eigenvalue weighted by atomic mass is 10.1. The molecule has 1 aromatic carbocycles.